The predicted molar refractivity (Wildman–Crippen MR) is 104 cm³/mol. The van der Waals surface area contributed by atoms with Crippen molar-refractivity contribution in [3.05, 3.63) is 0 Å². The first kappa shape index (κ1) is 24.8. The van der Waals surface area contributed by atoms with Gasteiger partial charge in [0.2, 0.25) is 0 Å². The van der Waals surface area contributed by atoms with Crippen LogP contribution in [0.2, 0.25) is 0 Å². The fraction of sp³-hybridized carbons (Fsp3) is 1.00. The SMILES string of the molecule is CCCCCCCCCCCCOCC(O)CNC(CCO)CCO. The standard InChI is InChI=1S/C20H43NO4/c1-2-3-4-5-6-7-8-9-10-11-16-25-18-20(24)17-21-19(12-14-22)13-15-23/h19-24H,2-18H2,1H3. The van der Waals surface area contributed by atoms with Gasteiger partial charge in [0.1, 0.15) is 0 Å². The highest BCUT2D eigenvalue weighted by Gasteiger charge is 2.10. The van der Waals surface area contributed by atoms with E-state index >= 15 is 0 Å². The molecule has 0 aliphatic rings. The van der Waals surface area contributed by atoms with Crippen LogP contribution in [0.5, 0.6) is 0 Å². The zero-order valence-corrected chi connectivity index (χ0v) is 16.4. The maximum Gasteiger partial charge on any atom is 0.0897 e. The van der Waals surface area contributed by atoms with E-state index in [2.05, 4.69) is 12.2 Å². The van der Waals surface area contributed by atoms with E-state index < -0.39 is 6.10 Å². The van der Waals surface area contributed by atoms with Gasteiger partial charge in [0.15, 0.2) is 0 Å². The van der Waals surface area contributed by atoms with Crippen molar-refractivity contribution in [2.75, 3.05) is 33.0 Å². The second-order valence-corrected chi connectivity index (χ2v) is 7.04. The maximum atomic E-state index is 9.88. The number of rotatable bonds is 20. The van der Waals surface area contributed by atoms with Crippen LogP contribution in [0.1, 0.15) is 84.0 Å². The molecule has 0 saturated heterocycles. The minimum absolute atomic E-state index is 0.0478. The van der Waals surface area contributed by atoms with Crippen LogP contribution in [0.3, 0.4) is 0 Å². The van der Waals surface area contributed by atoms with Gasteiger partial charge in [-0.2, -0.15) is 0 Å². The Morgan fingerprint density at radius 1 is 0.800 bits per heavy atom. The zero-order chi connectivity index (χ0) is 18.6. The van der Waals surface area contributed by atoms with Gasteiger partial charge >= 0.3 is 0 Å². The summed E-state index contributed by atoms with van der Waals surface area (Å²) in [7, 11) is 0. The van der Waals surface area contributed by atoms with E-state index in [0.29, 0.717) is 32.6 Å². The van der Waals surface area contributed by atoms with E-state index in [1.54, 1.807) is 0 Å². The van der Waals surface area contributed by atoms with Crippen LogP contribution < -0.4 is 5.32 Å². The van der Waals surface area contributed by atoms with Crippen LogP contribution in [-0.2, 0) is 4.74 Å². The first-order valence-electron chi connectivity index (χ1n) is 10.5. The molecule has 0 fully saturated rings. The summed E-state index contributed by atoms with van der Waals surface area (Å²) in [5.74, 6) is 0. The fourth-order valence-corrected chi connectivity index (χ4v) is 2.93. The molecule has 0 rings (SSSR count). The van der Waals surface area contributed by atoms with Crippen molar-refractivity contribution >= 4 is 0 Å². The van der Waals surface area contributed by atoms with Crippen LogP contribution >= 0.6 is 0 Å². The van der Waals surface area contributed by atoms with Crippen molar-refractivity contribution in [2.45, 2.75) is 96.1 Å². The average molecular weight is 362 g/mol. The van der Waals surface area contributed by atoms with Gasteiger partial charge in [0, 0.05) is 32.4 Å². The Kier molecular flexibility index (Phi) is 20.0. The number of hydrogen-bond donors (Lipinski definition) is 4. The second-order valence-electron chi connectivity index (χ2n) is 7.04. The van der Waals surface area contributed by atoms with Crippen molar-refractivity contribution in [1.29, 1.82) is 0 Å². The summed E-state index contributed by atoms with van der Waals surface area (Å²) < 4.78 is 5.53. The van der Waals surface area contributed by atoms with Crippen LogP contribution in [0.4, 0.5) is 0 Å². The molecule has 0 spiro atoms. The predicted octanol–water partition coefficient (Wildman–Crippen LogP) is 3.01. The molecule has 0 aliphatic heterocycles. The van der Waals surface area contributed by atoms with Crippen molar-refractivity contribution in [3.8, 4) is 0 Å². The Morgan fingerprint density at radius 2 is 1.32 bits per heavy atom. The third kappa shape index (κ3) is 18.4. The van der Waals surface area contributed by atoms with E-state index in [1.165, 1.54) is 57.8 Å². The monoisotopic (exact) mass is 361 g/mol. The lowest BCUT2D eigenvalue weighted by Crippen LogP contribution is -2.38. The molecule has 0 aliphatic carbocycles. The van der Waals surface area contributed by atoms with E-state index in [4.69, 9.17) is 14.9 Å². The molecular weight excluding hydrogens is 318 g/mol. The minimum atomic E-state index is -0.539. The summed E-state index contributed by atoms with van der Waals surface area (Å²) in [6.45, 7) is 3.91. The van der Waals surface area contributed by atoms with Gasteiger partial charge in [0.25, 0.3) is 0 Å². The fourth-order valence-electron chi connectivity index (χ4n) is 2.93. The quantitative estimate of drug-likeness (QED) is 0.251. The molecule has 4 N–H and O–H groups in total. The minimum Gasteiger partial charge on any atom is -0.396 e. The lowest BCUT2D eigenvalue weighted by molar-refractivity contribution is 0.0332. The van der Waals surface area contributed by atoms with E-state index in [-0.39, 0.29) is 19.3 Å². The Bertz CT molecular complexity index is 248. The van der Waals surface area contributed by atoms with Crippen molar-refractivity contribution in [1.82, 2.24) is 5.32 Å². The van der Waals surface area contributed by atoms with Crippen molar-refractivity contribution in [3.63, 3.8) is 0 Å². The van der Waals surface area contributed by atoms with Crippen LogP contribution in [0.15, 0.2) is 0 Å². The second kappa shape index (κ2) is 20.1. The van der Waals surface area contributed by atoms with Crippen LogP contribution in [0.25, 0.3) is 0 Å². The lowest BCUT2D eigenvalue weighted by Gasteiger charge is -2.19. The highest BCUT2D eigenvalue weighted by atomic mass is 16.5. The lowest BCUT2D eigenvalue weighted by atomic mass is 10.1. The van der Waals surface area contributed by atoms with Crippen LogP contribution in [-0.4, -0.2) is 60.4 Å². The summed E-state index contributed by atoms with van der Waals surface area (Å²) >= 11 is 0. The third-order valence-corrected chi connectivity index (χ3v) is 4.55. The number of hydrogen-bond acceptors (Lipinski definition) is 5. The van der Waals surface area contributed by atoms with E-state index in [0.717, 1.165) is 6.42 Å². The van der Waals surface area contributed by atoms with E-state index in [9.17, 15) is 5.11 Å². The summed E-state index contributed by atoms with van der Waals surface area (Å²) in [6.07, 6.45) is 13.7. The molecule has 0 aromatic rings. The molecule has 0 amide bonds. The first-order chi connectivity index (χ1) is 12.2. The zero-order valence-electron chi connectivity index (χ0n) is 16.4. The molecule has 5 nitrogen and oxygen atoms in total. The Morgan fingerprint density at radius 3 is 1.84 bits per heavy atom. The summed E-state index contributed by atoms with van der Waals surface area (Å²) in [5, 5.41) is 30.9. The molecule has 0 saturated carbocycles. The molecule has 152 valence electrons. The molecule has 1 unspecified atom stereocenters. The molecule has 0 bridgehead atoms. The molecular formula is C20H43NO4. The van der Waals surface area contributed by atoms with Crippen molar-refractivity contribution in [2.24, 2.45) is 0 Å². The highest BCUT2D eigenvalue weighted by molar-refractivity contribution is 4.69. The van der Waals surface area contributed by atoms with Gasteiger partial charge in [-0.3, -0.25) is 0 Å². The largest absolute Gasteiger partial charge is 0.396 e. The molecule has 0 heterocycles. The number of aliphatic hydroxyl groups is 3. The molecule has 0 aromatic carbocycles. The van der Waals surface area contributed by atoms with Gasteiger partial charge in [-0.1, -0.05) is 64.7 Å². The molecule has 1 atom stereocenters. The smallest absolute Gasteiger partial charge is 0.0897 e. The number of unbranched alkanes of at least 4 members (excludes halogenated alkanes) is 9. The van der Waals surface area contributed by atoms with Crippen molar-refractivity contribution < 1.29 is 20.1 Å². The number of ether oxygens (including phenoxy) is 1. The van der Waals surface area contributed by atoms with Gasteiger partial charge in [0.05, 0.1) is 12.7 Å². The Balaban J connectivity index is 3.32. The molecule has 0 aromatic heterocycles. The number of aliphatic hydroxyl groups excluding tert-OH is 3. The maximum absolute atomic E-state index is 9.88. The molecule has 5 heteroatoms. The summed E-state index contributed by atoms with van der Waals surface area (Å²) in [5.41, 5.74) is 0. The van der Waals surface area contributed by atoms with Gasteiger partial charge < -0.3 is 25.4 Å². The van der Waals surface area contributed by atoms with Gasteiger partial charge in [-0.05, 0) is 19.3 Å². The van der Waals surface area contributed by atoms with Gasteiger partial charge in [-0.25, -0.2) is 0 Å². The topological polar surface area (TPSA) is 82.0 Å². The molecule has 25 heavy (non-hydrogen) atoms. The third-order valence-electron chi connectivity index (χ3n) is 4.55. The van der Waals surface area contributed by atoms with Crippen LogP contribution in [0, 0.1) is 0 Å². The summed E-state index contributed by atoms with van der Waals surface area (Å²) in [4.78, 5) is 0. The van der Waals surface area contributed by atoms with Gasteiger partial charge in [-0.15, -0.1) is 0 Å². The first-order valence-corrected chi connectivity index (χ1v) is 10.5. The normalized spacial score (nSPS) is 12.8. The van der Waals surface area contributed by atoms with E-state index in [1.807, 2.05) is 0 Å². The average Bonchev–Trinajstić information content (AvgIpc) is 2.61. The number of nitrogens with one attached hydrogen (secondary N) is 1. The summed E-state index contributed by atoms with van der Waals surface area (Å²) in [6, 6.07) is 0.0478. The Hall–Kier alpha value is -0.200. The highest BCUT2D eigenvalue weighted by Crippen LogP contribution is 2.10. The molecule has 0 radical (unpaired) electrons. The Labute approximate surface area is 155 Å².